The van der Waals surface area contributed by atoms with E-state index < -0.39 is 0 Å². The van der Waals surface area contributed by atoms with Gasteiger partial charge < -0.3 is 14.5 Å². The van der Waals surface area contributed by atoms with E-state index in [2.05, 4.69) is 9.97 Å². The van der Waals surface area contributed by atoms with Crippen LogP contribution in [0.3, 0.4) is 0 Å². The molecule has 0 saturated carbocycles. The maximum Gasteiger partial charge on any atom is 0.213 e. The fourth-order valence-corrected chi connectivity index (χ4v) is 2.17. The lowest BCUT2D eigenvalue weighted by molar-refractivity contribution is 0.103. The molecule has 5 nitrogen and oxygen atoms in total. The van der Waals surface area contributed by atoms with Crippen molar-refractivity contribution in [2.75, 3.05) is 14.2 Å². The van der Waals surface area contributed by atoms with Crippen LogP contribution in [0, 0.1) is 0 Å². The second-order valence-electron chi connectivity index (χ2n) is 4.56. The smallest absolute Gasteiger partial charge is 0.213 e. The molecule has 106 valence electrons. The summed E-state index contributed by atoms with van der Waals surface area (Å²) in [5, 5.41) is 0.882. The molecule has 0 saturated heterocycles. The van der Waals surface area contributed by atoms with Gasteiger partial charge in [0.2, 0.25) is 11.7 Å². The Kier molecular flexibility index (Phi) is 3.31. The quantitative estimate of drug-likeness (QED) is 0.747. The van der Waals surface area contributed by atoms with Crippen LogP contribution < -0.4 is 9.47 Å². The lowest BCUT2D eigenvalue weighted by atomic mass is 10.1. The summed E-state index contributed by atoms with van der Waals surface area (Å²) in [5.74, 6) is 1.08. The highest BCUT2D eigenvalue weighted by molar-refractivity contribution is 6.10. The van der Waals surface area contributed by atoms with Crippen molar-refractivity contribution in [3.63, 3.8) is 0 Å². The standard InChI is InChI=1S/C16H14N2O3/c1-20-12-5-3-4-10(6-12)16(19)13-7-11-8-15(21-2)17-9-14(11)18-13/h3-9,18H,1-2H3. The lowest BCUT2D eigenvalue weighted by Crippen LogP contribution is -2.01. The number of aromatic amines is 1. The molecule has 0 aliphatic carbocycles. The van der Waals surface area contributed by atoms with Gasteiger partial charge in [0.25, 0.3) is 0 Å². The van der Waals surface area contributed by atoms with Crippen LogP contribution >= 0.6 is 0 Å². The van der Waals surface area contributed by atoms with Crippen LogP contribution in [-0.4, -0.2) is 30.0 Å². The van der Waals surface area contributed by atoms with Crippen molar-refractivity contribution in [1.29, 1.82) is 0 Å². The Bertz CT molecular complexity index is 808. The molecule has 2 heterocycles. The molecule has 21 heavy (non-hydrogen) atoms. The highest BCUT2D eigenvalue weighted by atomic mass is 16.5. The van der Waals surface area contributed by atoms with E-state index in [1.165, 1.54) is 0 Å². The van der Waals surface area contributed by atoms with Crippen LogP contribution in [-0.2, 0) is 0 Å². The number of nitrogens with one attached hydrogen (secondary N) is 1. The fraction of sp³-hybridized carbons (Fsp3) is 0.125. The van der Waals surface area contributed by atoms with E-state index in [1.54, 1.807) is 56.8 Å². The topological polar surface area (TPSA) is 64.2 Å². The van der Waals surface area contributed by atoms with Crippen molar-refractivity contribution in [3.05, 3.63) is 53.9 Å². The molecule has 1 N–H and O–H groups in total. The Labute approximate surface area is 121 Å². The van der Waals surface area contributed by atoms with E-state index in [9.17, 15) is 4.79 Å². The summed E-state index contributed by atoms with van der Waals surface area (Å²) in [6.45, 7) is 0. The molecule has 0 amide bonds. The molecule has 0 fully saturated rings. The predicted octanol–water partition coefficient (Wildman–Crippen LogP) is 2.81. The number of rotatable bonds is 4. The first-order valence-electron chi connectivity index (χ1n) is 6.43. The van der Waals surface area contributed by atoms with E-state index in [0.29, 0.717) is 22.9 Å². The zero-order chi connectivity index (χ0) is 14.8. The van der Waals surface area contributed by atoms with Gasteiger partial charge in [0.05, 0.1) is 31.6 Å². The Morgan fingerprint density at radius 2 is 2.00 bits per heavy atom. The summed E-state index contributed by atoms with van der Waals surface area (Å²) in [4.78, 5) is 19.7. The summed E-state index contributed by atoms with van der Waals surface area (Å²) in [7, 11) is 3.13. The molecule has 2 aromatic heterocycles. The first-order chi connectivity index (χ1) is 10.2. The van der Waals surface area contributed by atoms with Crippen molar-refractivity contribution >= 4 is 16.7 Å². The summed E-state index contributed by atoms with van der Waals surface area (Å²) < 4.78 is 10.2. The number of carbonyl (C=O) groups is 1. The second kappa shape index (κ2) is 5.28. The van der Waals surface area contributed by atoms with Gasteiger partial charge in [-0.2, -0.15) is 0 Å². The summed E-state index contributed by atoms with van der Waals surface area (Å²) >= 11 is 0. The van der Waals surface area contributed by atoms with Gasteiger partial charge in [-0.05, 0) is 18.2 Å². The van der Waals surface area contributed by atoms with Gasteiger partial charge in [0, 0.05) is 17.0 Å². The van der Waals surface area contributed by atoms with Gasteiger partial charge >= 0.3 is 0 Å². The third-order valence-electron chi connectivity index (χ3n) is 3.27. The summed E-state index contributed by atoms with van der Waals surface area (Å²) in [5.41, 5.74) is 1.87. The van der Waals surface area contributed by atoms with Gasteiger partial charge in [-0.25, -0.2) is 4.98 Å². The lowest BCUT2D eigenvalue weighted by Gasteiger charge is -2.02. The van der Waals surface area contributed by atoms with Crippen molar-refractivity contribution in [1.82, 2.24) is 9.97 Å². The average Bonchev–Trinajstić information content (AvgIpc) is 2.97. The molecule has 1 aromatic carbocycles. The van der Waals surface area contributed by atoms with Gasteiger partial charge in [0.15, 0.2) is 0 Å². The number of benzene rings is 1. The molecule has 0 unspecified atom stereocenters. The Balaban J connectivity index is 2.00. The minimum Gasteiger partial charge on any atom is -0.497 e. The molecule has 5 heteroatoms. The first-order valence-corrected chi connectivity index (χ1v) is 6.43. The molecule has 3 aromatic rings. The number of hydrogen-bond acceptors (Lipinski definition) is 4. The minimum atomic E-state index is -0.0935. The zero-order valence-corrected chi connectivity index (χ0v) is 11.7. The van der Waals surface area contributed by atoms with Crippen LogP contribution in [0.15, 0.2) is 42.6 Å². The van der Waals surface area contributed by atoms with Gasteiger partial charge in [-0.3, -0.25) is 4.79 Å². The van der Waals surface area contributed by atoms with E-state index in [-0.39, 0.29) is 5.78 Å². The van der Waals surface area contributed by atoms with Crippen molar-refractivity contribution in [2.45, 2.75) is 0 Å². The van der Waals surface area contributed by atoms with E-state index in [1.807, 2.05) is 0 Å². The van der Waals surface area contributed by atoms with Crippen molar-refractivity contribution in [3.8, 4) is 11.6 Å². The first kappa shape index (κ1) is 13.2. The monoisotopic (exact) mass is 282 g/mol. The highest BCUT2D eigenvalue weighted by Gasteiger charge is 2.13. The van der Waals surface area contributed by atoms with Gasteiger partial charge in [-0.15, -0.1) is 0 Å². The van der Waals surface area contributed by atoms with Crippen LogP contribution in [0.1, 0.15) is 16.1 Å². The molecule has 0 aliphatic heterocycles. The van der Waals surface area contributed by atoms with Crippen molar-refractivity contribution < 1.29 is 14.3 Å². The number of pyridine rings is 1. The molecular weight excluding hydrogens is 268 g/mol. The van der Waals surface area contributed by atoms with E-state index >= 15 is 0 Å². The van der Waals surface area contributed by atoms with Crippen LogP contribution in [0.4, 0.5) is 0 Å². The Hall–Kier alpha value is -2.82. The molecule has 0 atom stereocenters. The number of ether oxygens (including phenoxy) is 2. The molecule has 0 spiro atoms. The molecule has 0 aliphatic rings. The maximum absolute atomic E-state index is 12.5. The van der Waals surface area contributed by atoms with Gasteiger partial charge in [0.1, 0.15) is 5.75 Å². The number of ketones is 1. The molecular formula is C16H14N2O3. The number of methoxy groups -OCH3 is 2. The number of carbonyl (C=O) groups excluding carboxylic acids is 1. The molecule has 3 rings (SSSR count). The number of H-pyrrole nitrogens is 1. The van der Waals surface area contributed by atoms with Crippen LogP contribution in [0.2, 0.25) is 0 Å². The molecule has 0 bridgehead atoms. The van der Waals surface area contributed by atoms with Crippen LogP contribution in [0.25, 0.3) is 10.9 Å². The number of nitrogens with zero attached hydrogens (tertiary/aromatic N) is 1. The normalized spacial score (nSPS) is 10.6. The maximum atomic E-state index is 12.5. The largest absolute Gasteiger partial charge is 0.497 e. The zero-order valence-electron chi connectivity index (χ0n) is 11.7. The third kappa shape index (κ3) is 2.45. The van der Waals surface area contributed by atoms with Gasteiger partial charge in [-0.1, -0.05) is 12.1 Å². The molecule has 0 radical (unpaired) electrons. The minimum absolute atomic E-state index is 0.0935. The fourth-order valence-electron chi connectivity index (χ4n) is 2.17. The SMILES string of the molecule is COc1cccc(C(=O)c2cc3cc(OC)ncc3[nH]2)c1. The number of fused-ring (bicyclic) bond motifs is 1. The number of hydrogen-bond donors (Lipinski definition) is 1. The second-order valence-corrected chi connectivity index (χ2v) is 4.56. The van der Waals surface area contributed by atoms with Crippen LogP contribution in [0.5, 0.6) is 11.6 Å². The number of aromatic nitrogens is 2. The predicted molar refractivity (Wildman–Crippen MR) is 79.1 cm³/mol. The van der Waals surface area contributed by atoms with E-state index in [4.69, 9.17) is 9.47 Å². The summed E-state index contributed by atoms with van der Waals surface area (Å²) in [6, 6.07) is 10.6. The Morgan fingerprint density at radius 3 is 2.76 bits per heavy atom. The average molecular weight is 282 g/mol. The van der Waals surface area contributed by atoms with E-state index in [0.717, 1.165) is 10.9 Å². The highest BCUT2D eigenvalue weighted by Crippen LogP contribution is 2.21. The van der Waals surface area contributed by atoms with Crippen molar-refractivity contribution in [2.24, 2.45) is 0 Å². The summed E-state index contributed by atoms with van der Waals surface area (Å²) in [6.07, 6.45) is 1.65. The Morgan fingerprint density at radius 1 is 1.14 bits per heavy atom. The third-order valence-corrected chi connectivity index (χ3v) is 3.27.